The zero-order valence-corrected chi connectivity index (χ0v) is 87.5. The van der Waals surface area contributed by atoms with Crippen molar-refractivity contribution in [2.75, 3.05) is 0 Å². The van der Waals surface area contributed by atoms with Crippen molar-refractivity contribution in [2.45, 2.75) is 234 Å². The zero-order chi connectivity index (χ0) is 86.0. The maximum atomic E-state index is 2.56. The van der Waals surface area contributed by atoms with Gasteiger partial charge in [0.2, 0.25) is 16.1 Å². The van der Waals surface area contributed by atoms with Crippen LogP contribution in [0.25, 0.3) is 100 Å². The fraction of sp³-hybridized carbons (Fsp3) is 0.327. The van der Waals surface area contributed by atoms with E-state index in [1.165, 1.54) is 360 Å². The minimum Gasteiger partial charge on any atom is -0.143 e. The van der Waals surface area contributed by atoms with E-state index in [-0.39, 0.29) is 0 Å². The first kappa shape index (κ1) is 91.8. The standard InChI is InChI=1S/C110H118S14Si2/c1-7-13-19-25-31-81-45-55-93(111-81)99-65-71-105(119-99)125(106-72-66-100(120-106)94-56-46-82(112-94)32-26-20-14-8-2,107-73-67-101(121-107)95-57-47-83(113-95)33-27-21-15-9-3)87-51-41-79(42-52-87)91-63-61-89(117-91)77-37-39-78(40-38-77)90-62-64-92(118-90)80-43-53-88(54-44-80)126(108-74-68-102(122-108)96-58-48-84(114-96)34-28-22-16-10-4,109-75-69-103(123-109)97-59-49-85(115-97)35-29-23-17-11-5)110-76-70-104(124-110)98-60-50-86(116-98)36-30-24-18-12-6/h37-76H,7-36H2,1-6H3. The van der Waals surface area contributed by atoms with Gasteiger partial charge in [-0.3, -0.25) is 0 Å². The molecule has 3 aromatic carbocycles. The normalized spacial score (nSPS) is 12.0. The number of hydrogen-bond acceptors (Lipinski definition) is 14. The van der Waals surface area contributed by atoms with Crippen molar-refractivity contribution in [2.24, 2.45) is 0 Å². The molecule has 0 atom stereocenters. The summed E-state index contributed by atoms with van der Waals surface area (Å²) in [6, 6.07) is 98.2. The van der Waals surface area contributed by atoms with E-state index in [1.807, 2.05) is 90.7 Å². The Hall–Kier alpha value is -6.11. The lowest BCUT2D eigenvalue weighted by molar-refractivity contribution is 0.670. The van der Waals surface area contributed by atoms with Gasteiger partial charge in [-0.05, 0) is 243 Å². The van der Waals surface area contributed by atoms with Crippen molar-refractivity contribution in [3.8, 4) is 100 Å². The Labute approximate surface area is 809 Å². The molecule has 17 rings (SSSR count). The van der Waals surface area contributed by atoms with Crippen molar-refractivity contribution in [1.82, 2.24) is 0 Å². The average Bonchev–Trinajstić information content (AvgIpc) is 1.54. The highest BCUT2D eigenvalue weighted by molar-refractivity contribution is 7.52. The van der Waals surface area contributed by atoms with Gasteiger partial charge in [0, 0.05) is 134 Å². The van der Waals surface area contributed by atoms with Gasteiger partial charge in [-0.15, -0.1) is 159 Å². The Bertz CT molecular complexity index is 5390. The van der Waals surface area contributed by atoms with Crippen LogP contribution < -0.4 is 37.4 Å². The molecule has 16 heteroatoms. The lowest BCUT2D eigenvalue weighted by Gasteiger charge is -2.30. The maximum absolute atomic E-state index is 2.93. The molecular weight excluding hydrogens is 1830 g/mol. The van der Waals surface area contributed by atoms with Crippen LogP contribution in [0.1, 0.15) is 225 Å². The molecule has 0 fully saturated rings. The zero-order valence-electron chi connectivity index (χ0n) is 74.0. The fourth-order valence-corrected chi connectivity index (χ4v) is 50.5. The van der Waals surface area contributed by atoms with E-state index in [2.05, 4.69) is 352 Å². The third kappa shape index (κ3) is 21.5. The van der Waals surface area contributed by atoms with E-state index in [0.717, 1.165) is 0 Å². The molecule has 0 saturated heterocycles. The van der Waals surface area contributed by atoms with Crippen molar-refractivity contribution >= 4 is 212 Å². The van der Waals surface area contributed by atoms with Crippen molar-refractivity contribution in [1.29, 1.82) is 0 Å². The Kier molecular flexibility index (Phi) is 32.7. The maximum Gasteiger partial charge on any atom is 0.212 e. The van der Waals surface area contributed by atoms with Gasteiger partial charge in [-0.2, -0.15) is 0 Å². The molecule has 17 aromatic rings. The number of unbranched alkanes of at least 4 members (excludes halogenated alkanes) is 18. The summed E-state index contributed by atoms with van der Waals surface area (Å²) in [5, 5.41) is 2.91. The van der Waals surface area contributed by atoms with Gasteiger partial charge in [0.25, 0.3) is 0 Å². The molecule has 0 aliphatic carbocycles. The quantitative estimate of drug-likeness (QED) is 0.0263. The van der Waals surface area contributed by atoms with Crippen molar-refractivity contribution in [3.63, 3.8) is 0 Å². The summed E-state index contributed by atoms with van der Waals surface area (Å²) in [5.41, 5.74) is 5.07. The molecule has 0 bridgehead atoms. The molecule has 0 aliphatic heterocycles. The van der Waals surface area contributed by atoms with Gasteiger partial charge in [0.1, 0.15) is 0 Å². The van der Waals surface area contributed by atoms with E-state index in [4.69, 9.17) is 0 Å². The van der Waals surface area contributed by atoms with E-state index in [1.54, 1.807) is 0 Å². The Morgan fingerprint density at radius 2 is 0.302 bits per heavy atom. The highest BCUT2D eigenvalue weighted by Gasteiger charge is 2.48. The number of benzene rings is 3. The van der Waals surface area contributed by atoms with Gasteiger partial charge in [-0.1, -0.05) is 266 Å². The van der Waals surface area contributed by atoms with Crippen LogP contribution in [0.15, 0.2) is 243 Å². The minimum absolute atomic E-state index is 1.17. The molecule has 14 heterocycles. The van der Waals surface area contributed by atoms with Crippen LogP contribution >= 0.6 is 159 Å². The first-order valence-electron chi connectivity index (χ1n) is 46.8. The van der Waals surface area contributed by atoms with Crippen LogP contribution in [-0.2, 0) is 38.5 Å². The molecule has 0 aliphatic rings. The number of hydrogen-bond donors (Lipinski definition) is 0. The van der Waals surface area contributed by atoms with Gasteiger partial charge < -0.3 is 0 Å². The Morgan fingerprint density at radius 1 is 0.143 bits per heavy atom. The van der Waals surface area contributed by atoms with Crippen LogP contribution in [0.3, 0.4) is 0 Å². The van der Waals surface area contributed by atoms with Gasteiger partial charge in [0.15, 0.2) is 0 Å². The summed E-state index contributed by atoms with van der Waals surface area (Å²) in [6.07, 6.45) is 38.0. The monoisotopic (exact) mass is 1940 g/mol. The predicted molar refractivity (Wildman–Crippen MR) is 585 cm³/mol. The first-order valence-corrected chi connectivity index (χ1v) is 62.2. The highest BCUT2D eigenvalue weighted by Crippen LogP contribution is 2.44. The molecule has 0 N–H and O–H groups in total. The van der Waals surface area contributed by atoms with E-state index >= 15 is 0 Å². The smallest absolute Gasteiger partial charge is 0.143 e. The average molecular weight is 1950 g/mol. The molecule has 0 spiro atoms. The second-order valence-electron chi connectivity index (χ2n) is 34.0. The second kappa shape index (κ2) is 44.9. The molecule has 0 amide bonds. The van der Waals surface area contributed by atoms with E-state index < -0.39 is 16.1 Å². The third-order valence-electron chi connectivity index (χ3n) is 24.8. The third-order valence-corrected chi connectivity index (χ3v) is 55.8. The van der Waals surface area contributed by atoms with E-state index in [0.29, 0.717) is 0 Å². The summed E-state index contributed by atoms with van der Waals surface area (Å²) in [5.74, 6) is 0. The lowest BCUT2D eigenvalue weighted by atomic mass is 10.1. The molecule has 0 radical (unpaired) electrons. The molecule has 650 valence electrons. The highest BCUT2D eigenvalue weighted by atomic mass is 32.2. The number of thiophene rings is 14. The second-order valence-corrected chi connectivity index (χ2v) is 59.2. The molecule has 0 saturated carbocycles. The Morgan fingerprint density at radius 3 is 0.484 bits per heavy atom. The fourth-order valence-electron chi connectivity index (χ4n) is 17.7. The van der Waals surface area contributed by atoms with Crippen LogP contribution in [0.4, 0.5) is 0 Å². The van der Waals surface area contributed by atoms with Crippen LogP contribution in [-0.4, -0.2) is 16.1 Å². The largest absolute Gasteiger partial charge is 0.212 e. The molecule has 0 unspecified atom stereocenters. The first-order chi connectivity index (χ1) is 62.1. The Balaban J connectivity index is 0.673. The molecule has 0 nitrogen and oxygen atoms in total. The van der Waals surface area contributed by atoms with Gasteiger partial charge in [0.05, 0.1) is 0 Å². The number of rotatable bonds is 48. The molecule has 14 aromatic heterocycles. The van der Waals surface area contributed by atoms with Crippen LogP contribution in [0.2, 0.25) is 0 Å². The predicted octanol–water partition coefficient (Wildman–Crippen LogP) is 34.7. The van der Waals surface area contributed by atoms with Crippen LogP contribution in [0, 0.1) is 0 Å². The van der Waals surface area contributed by atoms with Gasteiger partial charge >= 0.3 is 0 Å². The minimum atomic E-state index is -2.93. The van der Waals surface area contributed by atoms with Gasteiger partial charge in [-0.25, -0.2) is 0 Å². The molecule has 126 heavy (non-hydrogen) atoms. The van der Waals surface area contributed by atoms with Crippen LogP contribution in [0.5, 0.6) is 0 Å². The topological polar surface area (TPSA) is 0 Å². The SMILES string of the molecule is CCCCCCc1ccc(-c2ccc([Si](c3ccc(-c4ccc(-c5ccc(-c6ccc(-c7ccc([Si](c8ccc(-c9ccc(CCCCCC)s9)s8)(c8ccc(-c9ccc(CCCCCC)s9)s8)c8ccc(-c9ccc(CCCCCC)s9)s8)cc7)s6)cc5)s4)cc3)(c3ccc(-c4ccc(CCCCCC)s4)s3)c3ccc(-c4ccc(CCCCCC)s4)s3)s2)s1. The van der Waals surface area contributed by atoms with Crippen molar-refractivity contribution in [3.05, 3.63) is 272 Å². The summed E-state index contributed by atoms with van der Waals surface area (Å²) in [7, 11) is -5.87. The van der Waals surface area contributed by atoms with E-state index in [9.17, 15) is 0 Å². The lowest BCUT2D eigenvalue weighted by Crippen LogP contribution is -2.72. The summed E-state index contributed by atoms with van der Waals surface area (Å²) in [4.78, 5) is 31.1. The van der Waals surface area contributed by atoms with Crippen molar-refractivity contribution < 1.29 is 0 Å². The number of aryl methyl sites for hydroxylation is 6. The molecular formula is C110H118S14Si2. The summed E-state index contributed by atoms with van der Waals surface area (Å²) in [6.45, 7) is 13.9. The summed E-state index contributed by atoms with van der Waals surface area (Å²) >= 11 is 28.4. The summed E-state index contributed by atoms with van der Waals surface area (Å²) < 4.78 is 9.10.